The zero-order chi connectivity index (χ0) is 25.1. The summed E-state index contributed by atoms with van der Waals surface area (Å²) in [5.41, 5.74) is 4.48. The second-order valence-corrected chi connectivity index (χ2v) is 8.96. The molecule has 36 heavy (non-hydrogen) atoms. The fourth-order valence-corrected chi connectivity index (χ4v) is 5.24. The minimum absolute atomic E-state index is 0.0450. The van der Waals surface area contributed by atoms with E-state index >= 15 is 0 Å². The quantitative estimate of drug-likeness (QED) is 0.482. The van der Waals surface area contributed by atoms with E-state index in [0.717, 1.165) is 34.6 Å². The van der Waals surface area contributed by atoms with Gasteiger partial charge in [-0.3, -0.25) is 9.59 Å². The number of amides is 1. The van der Waals surface area contributed by atoms with Crippen molar-refractivity contribution in [1.29, 1.82) is 0 Å². The predicted octanol–water partition coefficient (Wildman–Crippen LogP) is 3.87. The molecule has 0 fully saturated rings. The number of aromatic carboxylic acids is 1. The molecule has 1 aliphatic carbocycles. The molecule has 6 rings (SSSR count). The highest BCUT2D eigenvalue weighted by Gasteiger charge is 2.34. The minimum atomic E-state index is -1.23. The number of nitrogens with zero attached hydrogens (tertiary/aromatic N) is 4. The minimum Gasteiger partial charge on any atom is -0.478 e. The smallest absolute Gasteiger partial charge is 0.336 e. The van der Waals surface area contributed by atoms with Crippen molar-refractivity contribution in [1.82, 2.24) is 14.2 Å². The van der Waals surface area contributed by atoms with E-state index in [1.165, 1.54) is 15.8 Å². The molecular weight excluding hydrogens is 456 g/mol. The number of carboxylic acids is 1. The van der Waals surface area contributed by atoms with Crippen LogP contribution in [0.2, 0.25) is 0 Å². The van der Waals surface area contributed by atoms with Crippen LogP contribution in [-0.2, 0) is 11.2 Å². The summed E-state index contributed by atoms with van der Waals surface area (Å²) in [6.45, 7) is 3.63. The Labute approximate surface area is 206 Å². The van der Waals surface area contributed by atoms with Crippen molar-refractivity contribution in [3.05, 3.63) is 111 Å². The van der Waals surface area contributed by atoms with Crippen LogP contribution in [0, 0.1) is 13.8 Å². The monoisotopic (exact) mass is 478 g/mol. The number of rotatable bonds is 3. The summed E-state index contributed by atoms with van der Waals surface area (Å²) in [6, 6.07) is 16.3. The lowest BCUT2D eigenvalue weighted by Gasteiger charge is -2.24. The predicted molar refractivity (Wildman–Crippen MR) is 136 cm³/mol. The molecule has 1 amide bonds. The normalized spacial score (nSPS) is 14.8. The highest BCUT2D eigenvalue weighted by atomic mass is 16.4. The average molecular weight is 479 g/mol. The van der Waals surface area contributed by atoms with Crippen molar-refractivity contribution in [3.8, 4) is 0 Å². The Morgan fingerprint density at radius 1 is 1.03 bits per heavy atom. The van der Waals surface area contributed by atoms with Crippen LogP contribution >= 0.6 is 0 Å². The zero-order valence-corrected chi connectivity index (χ0v) is 19.7. The van der Waals surface area contributed by atoms with Crippen LogP contribution in [0.5, 0.6) is 0 Å². The van der Waals surface area contributed by atoms with Crippen molar-refractivity contribution < 1.29 is 14.7 Å². The van der Waals surface area contributed by atoms with Crippen LogP contribution in [0.1, 0.15) is 45.1 Å². The SMILES string of the molecule is Cc1cc2c3n1C(c1ccccc1)=CN(n1c(C)nc4cccc(C(=O)O)c4c1=O)C(=O)C3=CCC2. The summed E-state index contributed by atoms with van der Waals surface area (Å²) in [5.74, 6) is -1.34. The Bertz CT molecular complexity index is 1720. The van der Waals surface area contributed by atoms with E-state index in [1.807, 2.05) is 43.3 Å². The maximum atomic E-state index is 14.1. The average Bonchev–Trinajstić information content (AvgIpc) is 3.14. The first-order chi connectivity index (χ1) is 17.4. The molecule has 0 saturated carbocycles. The Balaban J connectivity index is 1.70. The van der Waals surface area contributed by atoms with Gasteiger partial charge in [0.1, 0.15) is 5.82 Å². The van der Waals surface area contributed by atoms with Crippen molar-refractivity contribution in [2.75, 3.05) is 5.01 Å². The van der Waals surface area contributed by atoms with Gasteiger partial charge in [0.2, 0.25) is 0 Å². The highest BCUT2D eigenvalue weighted by Crippen LogP contribution is 2.37. The van der Waals surface area contributed by atoms with E-state index in [1.54, 1.807) is 25.3 Å². The topological polar surface area (TPSA) is 97.4 Å². The number of aromatic nitrogens is 3. The van der Waals surface area contributed by atoms with E-state index < -0.39 is 11.5 Å². The number of fused-ring (bicyclic) bond motifs is 1. The summed E-state index contributed by atoms with van der Waals surface area (Å²) < 4.78 is 3.24. The summed E-state index contributed by atoms with van der Waals surface area (Å²) >= 11 is 0. The third-order valence-electron chi connectivity index (χ3n) is 6.76. The maximum Gasteiger partial charge on any atom is 0.336 e. The van der Waals surface area contributed by atoms with Gasteiger partial charge in [0.15, 0.2) is 0 Å². The van der Waals surface area contributed by atoms with Crippen molar-refractivity contribution >= 4 is 34.0 Å². The van der Waals surface area contributed by atoms with E-state index in [2.05, 4.69) is 15.6 Å². The number of carbonyl (C=O) groups excluding carboxylic acids is 1. The number of hydrogen-bond donors (Lipinski definition) is 1. The van der Waals surface area contributed by atoms with Gasteiger partial charge in [-0.25, -0.2) is 14.8 Å². The van der Waals surface area contributed by atoms with Crippen molar-refractivity contribution in [3.63, 3.8) is 0 Å². The van der Waals surface area contributed by atoms with Crippen molar-refractivity contribution in [2.24, 2.45) is 0 Å². The van der Waals surface area contributed by atoms with E-state index in [0.29, 0.717) is 12.0 Å². The number of benzene rings is 2. The van der Waals surface area contributed by atoms with Crippen LogP contribution in [0.4, 0.5) is 0 Å². The number of carboxylic acid groups (broad SMARTS) is 1. The van der Waals surface area contributed by atoms with Gasteiger partial charge in [0.25, 0.3) is 11.5 Å². The Kier molecular flexibility index (Phi) is 4.79. The molecule has 3 heterocycles. The second kappa shape index (κ2) is 7.91. The molecule has 0 unspecified atom stereocenters. The molecular formula is C28H22N4O4. The Hall–Kier alpha value is -4.72. The van der Waals surface area contributed by atoms with Crippen LogP contribution in [0.3, 0.4) is 0 Å². The molecule has 2 aromatic heterocycles. The third kappa shape index (κ3) is 3.07. The van der Waals surface area contributed by atoms with Gasteiger partial charge in [0, 0.05) is 11.3 Å². The van der Waals surface area contributed by atoms with Gasteiger partial charge in [-0.05, 0) is 50.5 Å². The lowest BCUT2D eigenvalue weighted by atomic mass is 9.96. The van der Waals surface area contributed by atoms with Crippen molar-refractivity contribution in [2.45, 2.75) is 26.7 Å². The van der Waals surface area contributed by atoms with Crippen LogP contribution in [0.25, 0.3) is 22.2 Å². The number of hydrogen-bond acceptors (Lipinski definition) is 4. The second-order valence-electron chi connectivity index (χ2n) is 8.96. The molecule has 2 aliphatic rings. The molecule has 8 nitrogen and oxygen atoms in total. The molecule has 0 bridgehead atoms. The van der Waals surface area contributed by atoms with Crippen LogP contribution in [0.15, 0.2) is 71.7 Å². The molecule has 1 aliphatic heterocycles. The zero-order valence-electron chi connectivity index (χ0n) is 19.7. The van der Waals surface area contributed by atoms with Crippen LogP contribution in [-0.4, -0.2) is 31.2 Å². The third-order valence-corrected chi connectivity index (χ3v) is 6.76. The van der Waals surface area contributed by atoms with Gasteiger partial charge >= 0.3 is 5.97 Å². The van der Waals surface area contributed by atoms with E-state index in [9.17, 15) is 19.5 Å². The van der Waals surface area contributed by atoms with Gasteiger partial charge < -0.3 is 9.67 Å². The van der Waals surface area contributed by atoms with Gasteiger partial charge in [0.05, 0.1) is 39.6 Å². The number of allylic oxidation sites excluding steroid dienone is 1. The van der Waals surface area contributed by atoms with E-state index in [-0.39, 0.29) is 28.2 Å². The molecule has 8 heteroatoms. The first kappa shape index (κ1) is 21.8. The summed E-state index contributed by atoms with van der Waals surface area (Å²) in [5, 5.41) is 11.0. The standard InChI is InChI=1S/C28H22N4O4/c1-16-14-19-10-6-12-21-25(19)31(16)23(18-8-4-3-5-9-18)15-30(26(21)33)32-17(2)29-22-13-7-11-20(28(35)36)24(22)27(32)34/h3-5,7-9,11-15H,6,10H2,1-2H3,(H,35,36). The molecule has 0 saturated heterocycles. The maximum absolute atomic E-state index is 14.1. The van der Waals surface area contributed by atoms with Gasteiger partial charge in [-0.1, -0.05) is 42.5 Å². The molecule has 1 N–H and O–H groups in total. The molecule has 4 aromatic rings. The van der Waals surface area contributed by atoms with Gasteiger partial charge in [-0.2, -0.15) is 4.68 Å². The Morgan fingerprint density at radius 3 is 2.56 bits per heavy atom. The molecule has 178 valence electrons. The summed E-state index contributed by atoms with van der Waals surface area (Å²) in [4.78, 5) is 44.3. The van der Waals surface area contributed by atoms with Crippen LogP contribution < -0.4 is 10.6 Å². The Morgan fingerprint density at radius 2 is 1.81 bits per heavy atom. The summed E-state index contributed by atoms with van der Waals surface area (Å²) in [7, 11) is 0. The number of aryl methyl sites for hydroxylation is 3. The molecule has 0 radical (unpaired) electrons. The first-order valence-corrected chi connectivity index (χ1v) is 11.7. The van der Waals surface area contributed by atoms with Gasteiger partial charge in [-0.15, -0.1) is 0 Å². The lowest BCUT2D eigenvalue weighted by Crippen LogP contribution is -2.45. The largest absolute Gasteiger partial charge is 0.478 e. The first-order valence-electron chi connectivity index (χ1n) is 11.7. The number of carbonyl (C=O) groups is 2. The highest BCUT2D eigenvalue weighted by molar-refractivity contribution is 6.26. The molecule has 2 aromatic carbocycles. The molecule has 0 atom stereocenters. The summed E-state index contributed by atoms with van der Waals surface area (Å²) in [6.07, 6.45) is 5.09. The fraction of sp³-hybridized carbons (Fsp3) is 0.143. The van der Waals surface area contributed by atoms with E-state index in [4.69, 9.17) is 0 Å². The lowest BCUT2D eigenvalue weighted by molar-refractivity contribution is -0.114. The molecule has 0 spiro atoms. The fourth-order valence-electron chi connectivity index (χ4n) is 5.24.